The second kappa shape index (κ2) is 7.67. The Morgan fingerprint density at radius 2 is 1.46 bits per heavy atom. The van der Waals surface area contributed by atoms with E-state index in [2.05, 4.69) is 5.32 Å². The van der Waals surface area contributed by atoms with E-state index >= 15 is 0 Å². The maximum Gasteiger partial charge on any atom is 0.416 e. The molecule has 0 atom stereocenters. The number of rotatable bonds is 5. The summed E-state index contributed by atoms with van der Waals surface area (Å²) in [6, 6.07) is 8.43. The maximum atomic E-state index is 12.6. The molecule has 140 valence electrons. The molecule has 1 N–H and O–H groups in total. The first-order valence-electron chi connectivity index (χ1n) is 7.28. The van der Waals surface area contributed by atoms with Crippen LogP contribution in [0.1, 0.15) is 16.7 Å². The molecule has 0 unspecified atom stereocenters. The fourth-order valence-corrected chi connectivity index (χ4v) is 2.02. The van der Waals surface area contributed by atoms with E-state index in [0.717, 1.165) is 30.3 Å². The summed E-state index contributed by atoms with van der Waals surface area (Å²) in [5, 5.41) is 2.34. The van der Waals surface area contributed by atoms with Crippen LogP contribution in [-0.4, -0.2) is 12.5 Å². The Kier molecular flexibility index (Phi) is 5.79. The van der Waals surface area contributed by atoms with Crippen LogP contribution in [0.3, 0.4) is 0 Å². The molecular formula is C17H13F6NO2. The Morgan fingerprint density at radius 1 is 0.885 bits per heavy atom. The van der Waals surface area contributed by atoms with Gasteiger partial charge in [0.15, 0.2) is 6.61 Å². The molecule has 0 fully saturated rings. The highest BCUT2D eigenvalue weighted by atomic mass is 19.4. The van der Waals surface area contributed by atoms with Gasteiger partial charge in [-0.2, -0.15) is 26.3 Å². The SMILES string of the molecule is O=C(COc1cccc(C(F)(F)F)c1)NCc1cccc(C(F)(F)F)c1. The summed E-state index contributed by atoms with van der Waals surface area (Å²) in [5.41, 5.74) is -1.53. The lowest BCUT2D eigenvalue weighted by Gasteiger charge is -2.11. The third-order valence-electron chi connectivity index (χ3n) is 3.28. The lowest BCUT2D eigenvalue weighted by atomic mass is 10.1. The third-order valence-corrected chi connectivity index (χ3v) is 3.28. The molecule has 26 heavy (non-hydrogen) atoms. The van der Waals surface area contributed by atoms with Crippen molar-refractivity contribution in [2.45, 2.75) is 18.9 Å². The third kappa shape index (κ3) is 5.68. The molecule has 2 aromatic carbocycles. The van der Waals surface area contributed by atoms with Crippen LogP contribution in [-0.2, 0) is 23.7 Å². The minimum atomic E-state index is -4.54. The normalized spacial score (nSPS) is 11.9. The van der Waals surface area contributed by atoms with E-state index in [1.54, 1.807) is 0 Å². The van der Waals surface area contributed by atoms with Gasteiger partial charge in [-0.15, -0.1) is 0 Å². The van der Waals surface area contributed by atoms with Crippen molar-refractivity contribution in [1.82, 2.24) is 5.32 Å². The van der Waals surface area contributed by atoms with Crippen molar-refractivity contribution >= 4 is 5.91 Å². The van der Waals surface area contributed by atoms with Crippen LogP contribution in [0.15, 0.2) is 48.5 Å². The summed E-state index contributed by atoms with van der Waals surface area (Å²) in [5.74, 6) is -0.825. The molecular weight excluding hydrogens is 364 g/mol. The first-order valence-corrected chi connectivity index (χ1v) is 7.28. The summed E-state index contributed by atoms with van der Waals surface area (Å²) >= 11 is 0. The largest absolute Gasteiger partial charge is 0.484 e. The fraction of sp³-hybridized carbons (Fsp3) is 0.235. The minimum absolute atomic E-state index is 0.144. The predicted octanol–water partition coefficient (Wildman–Crippen LogP) is 4.42. The quantitative estimate of drug-likeness (QED) is 0.784. The second-order valence-electron chi connectivity index (χ2n) is 5.29. The van der Waals surface area contributed by atoms with Crippen molar-refractivity contribution < 1.29 is 35.9 Å². The smallest absolute Gasteiger partial charge is 0.416 e. The zero-order chi connectivity index (χ0) is 19.4. The Balaban J connectivity index is 1.88. The highest BCUT2D eigenvalue weighted by Crippen LogP contribution is 2.31. The summed E-state index contributed by atoms with van der Waals surface area (Å²) in [7, 11) is 0. The maximum absolute atomic E-state index is 12.6. The number of amides is 1. The van der Waals surface area contributed by atoms with Gasteiger partial charge in [0.25, 0.3) is 5.91 Å². The van der Waals surface area contributed by atoms with E-state index in [1.165, 1.54) is 18.2 Å². The van der Waals surface area contributed by atoms with Crippen molar-refractivity contribution in [3.8, 4) is 5.75 Å². The molecule has 0 saturated carbocycles. The number of hydrogen-bond acceptors (Lipinski definition) is 2. The number of carbonyl (C=O) groups excluding carboxylic acids is 1. The Labute approximate surface area is 144 Å². The van der Waals surface area contributed by atoms with Crippen molar-refractivity contribution in [2.24, 2.45) is 0 Å². The molecule has 9 heteroatoms. The van der Waals surface area contributed by atoms with E-state index in [9.17, 15) is 31.1 Å². The summed E-state index contributed by atoms with van der Waals surface area (Å²) in [4.78, 5) is 11.7. The molecule has 0 aliphatic rings. The van der Waals surface area contributed by atoms with Crippen molar-refractivity contribution in [1.29, 1.82) is 0 Å². The molecule has 0 spiro atoms. The molecule has 0 aromatic heterocycles. The Bertz CT molecular complexity index is 707. The number of alkyl halides is 6. The van der Waals surface area contributed by atoms with Crippen LogP contribution in [0, 0.1) is 0 Å². The van der Waals surface area contributed by atoms with Gasteiger partial charge in [0.2, 0.25) is 0 Å². The van der Waals surface area contributed by atoms with Gasteiger partial charge in [-0.25, -0.2) is 0 Å². The Hall–Kier alpha value is -2.71. The van der Waals surface area contributed by atoms with Crippen LogP contribution in [0.2, 0.25) is 0 Å². The highest BCUT2D eigenvalue weighted by Gasteiger charge is 2.31. The van der Waals surface area contributed by atoms with Gasteiger partial charge in [-0.05, 0) is 35.9 Å². The van der Waals surface area contributed by atoms with Crippen molar-refractivity contribution in [3.63, 3.8) is 0 Å². The lowest BCUT2D eigenvalue weighted by molar-refractivity contribution is -0.138. The molecule has 2 aromatic rings. The van der Waals surface area contributed by atoms with Gasteiger partial charge in [0.05, 0.1) is 11.1 Å². The van der Waals surface area contributed by atoms with Crippen LogP contribution in [0.25, 0.3) is 0 Å². The average Bonchev–Trinajstić information content (AvgIpc) is 2.57. The first-order chi connectivity index (χ1) is 12.1. The van der Waals surface area contributed by atoms with Crippen molar-refractivity contribution in [2.75, 3.05) is 6.61 Å². The average molecular weight is 377 g/mol. The molecule has 0 bridgehead atoms. The van der Waals surface area contributed by atoms with E-state index in [-0.39, 0.29) is 17.9 Å². The summed E-state index contributed by atoms with van der Waals surface area (Å²) < 4.78 is 80.5. The number of carbonyl (C=O) groups is 1. The summed E-state index contributed by atoms with van der Waals surface area (Å²) in [6.07, 6.45) is -9.03. The van der Waals surface area contributed by atoms with Gasteiger partial charge in [0, 0.05) is 6.54 Å². The molecule has 0 aliphatic carbocycles. The van der Waals surface area contributed by atoms with Gasteiger partial charge in [-0.1, -0.05) is 18.2 Å². The summed E-state index contributed by atoms with van der Waals surface area (Å²) in [6.45, 7) is -0.741. The zero-order valence-electron chi connectivity index (χ0n) is 13.1. The molecule has 1 amide bonds. The fourth-order valence-electron chi connectivity index (χ4n) is 2.02. The van der Waals surface area contributed by atoms with Crippen LogP contribution >= 0.6 is 0 Å². The molecule has 0 aliphatic heterocycles. The number of nitrogens with one attached hydrogen (secondary N) is 1. The van der Waals surface area contributed by atoms with E-state index in [1.807, 2.05) is 0 Å². The Morgan fingerprint density at radius 3 is 2.08 bits per heavy atom. The molecule has 0 heterocycles. The van der Waals surface area contributed by atoms with Crippen molar-refractivity contribution in [3.05, 3.63) is 65.2 Å². The first kappa shape index (κ1) is 19.6. The number of ether oxygens (including phenoxy) is 1. The van der Waals surface area contributed by atoms with E-state index in [4.69, 9.17) is 4.74 Å². The predicted molar refractivity (Wildman–Crippen MR) is 80.2 cm³/mol. The number of hydrogen-bond donors (Lipinski definition) is 1. The zero-order valence-corrected chi connectivity index (χ0v) is 13.1. The standard InChI is InChI=1S/C17H13F6NO2/c18-16(19,20)12-4-1-3-11(7-12)9-24-15(25)10-26-14-6-2-5-13(8-14)17(21,22)23/h1-8H,9-10H2,(H,24,25). The lowest BCUT2D eigenvalue weighted by Crippen LogP contribution is -2.28. The number of halogens is 6. The molecule has 3 nitrogen and oxygen atoms in total. The van der Waals surface area contributed by atoms with Crippen LogP contribution in [0.5, 0.6) is 5.75 Å². The van der Waals surface area contributed by atoms with Crippen LogP contribution in [0.4, 0.5) is 26.3 Å². The van der Waals surface area contributed by atoms with Gasteiger partial charge in [0.1, 0.15) is 5.75 Å². The molecule has 2 rings (SSSR count). The number of benzene rings is 2. The molecule has 0 radical (unpaired) electrons. The molecule has 0 saturated heterocycles. The van der Waals surface area contributed by atoms with Crippen LogP contribution < -0.4 is 10.1 Å². The van der Waals surface area contributed by atoms with Gasteiger partial charge in [-0.3, -0.25) is 4.79 Å². The monoisotopic (exact) mass is 377 g/mol. The highest BCUT2D eigenvalue weighted by molar-refractivity contribution is 5.77. The topological polar surface area (TPSA) is 38.3 Å². The van der Waals surface area contributed by atoms with Gasteiger partial charge < -0.3 is 10.1 Å². The minimum Gasteiger partial charge on any atom is -0.484 e. The second-order valence-corrected chi connectivity index (χ2v) is 5.29. The van der Waals surface area contributed by atoms with E-state index < -0.39 is 36.0 Å². The van der Waals surface area contributed by atoms with E-state index in [0.29, 0.717) is 0 Å². The van der Waals surface area contributed by atoms with Gasteiger partial charge >= 0.3 is 12.4 Å².